The van der Waals surface area contributed by atoms with Crippen LogP contribution in [0.4, 0.5) is 0 Å². The van der Waals surface area contributed by atoms with Gasteiger partial charge in [0.25, 0.3) is 5.91 Å². The number of aromatic nitrogens is 2. The van der Waals surface area contributed by atoms with E-state index in [1.165, 1.54) is 6.42 Å². The first-order chi connectivity index (χ1) is 8.09. The summed E-state index contributed by atoms with van der Waals surface area (Å²) in [6.07, 6.45) is 4.95. The highest BCUT2D eigenvalue weighted by Gasteiger charge is 2.25. The lowest BCUT2D eigenvalue weighted by molar-refractivity contribution is 0.0947. The fourth-order valence-electron chi connectivity index (χ4n) is 2.26. The number of aryl methyl sites for hydroxylation is 1. The van der Waals surface area contributed by atoms with Gasteiger partial charge in [-0.3, -0.25) is 9.48 Å². The summed E-state index contributed by atoms with van der Waals surface area (Å²) in [4.78, 5) is 11.9. The third kappa shape index (κ3) is 2.63. The minimum atomic E-state index is -0.0497. The van der Waals surface area contributed by atoms with Gasteiger partial charge in [0.05, 0.1) is 11.8 Å². The number of carbonyl (C=O) groups excluding carboxylic acids is 1. The molecule has 0 bridgehead atoms. The average molecular weight is 256 g/mol. The fraction of sp³-hybridized carbons (Fsp3) is 0.667. The summed E-state index contributed by atoms with van der Waals surface area (Å²) in [6.45, 7) is 2.56. The van der Waals surface area contributed by atoms with Gasteiger partial charge in [-0.1, -0.05) is 6.42 Å². The van der Waals surface area contributed by atoms with Crippen LogP contribution in [0.5, 0.6) is 0 Å². The van der Waals surface area contributed by atoms with Crippen LogP contribution in [0.2, 0.25) is 0 Å². The van der Waals surface area contributed by atoms with Gasteiger partial charge in [-0.25, -0.2) is 0 Å². The van der Waals surface area contributed by atoms with Gasteiger partial charge in [0.15, 0.2) is 0 Å². The molecule has 2 unspecified atom stereocenters. The fourth-order valence-corrected chi connectivity index (χ4v) is 2.63. The van der Waals surface area contributed by atoms with Crippen molar-refractivity contribution >= 4 is 17.5 Å². The molecule has 0 aromatic carbocycles. The average Bonchev–Trinajstić information content (AvgIpc) is 2.84. The van der Waals surface area contributed by atoms with Crippen LogP contribution in [0.1, 0.15) is 35.3 Å². The zero-order valence-corrected chi connectivity index (χ0v) is 11.0. The van der Waals surface area contributed by atoms with Crippen molar-refractivity contribution in [2.45, 2.75) is 31.6 Å². The van der Waals surface area contributed by atoms with Crippen LogP contribution in [0.3, 0.4) is 0 Å². The highest BCUT2D eigenvalue weighted by molar-refractivity contribution is 6.21. The van der Waals surface area contributed by atoms with Gasteiger partial charge in [0.2, 0.25) is 0 Å². The van der Waals surface area contributed by atoms with E-state index in [0.717, 1.165) is 18.5 Å². The van der Waals surface area contributed by atoms with Crippen molar-refractivity contribution in [2.75, 3.05) is 6.54 Å². The molecule has 2 rings (SSSR count). The molecule has 1 aromatic rings. The summed E-state index contributed by atoms with van der Waals surface area (Å²) in [6, 6.07) is 0. The molecule has 0 saturated heterocycles. The number of halogens is 1. The van der Waals surface area contributed by atoms with Gasteiger partial charge in [-0.15, -0.1) is 11.6 Å². The number of nitrogens with zero attached hydrogens (tertiary/aromatic N) is 2. The van der Waals surface area contributed by atoms with E-state index in [4.69, 9.17) is 11.6 Å². The molecule has 2 atom stereocenters. The summed E-state index contributed by atoms with van der Waals surface area (Å²) in [5.41, 5.74) is 1.54. The van der Waals surface area contributed by atoms with Crippen LogP contribution >= 0.6 is 11.6 Å². The lowest BCUT2D eigenvalue weighted by Crippen LogP contribution is -2.31. The molecule has 1 amide bonds. The second kappa shape index (κ2) is 5.08. The second-order valence-corrected chi connectivity index (χ2v) is 5.24. The second-order valence-electron chi connectivity index (χ2n) is 4.68. The predicted octanol–water partition coefficient (Wildman–Crippen LogP) is 1.87. The molecule has 4 nitrogen and oxygen atoms in total. The van der Waals surface area contributed by atoms with Crippen molar-refractivity contribution in [1.29, 1.82) is 0 Å². The Kier molecular flexibility index (Phi) is 3.72. The van der Waals surface area contributed by atoms with Crippen molar-refractivity contribution < 1.29 is 4.79 Å². The Bertz CT molecular complexity index is 416. The number of amides is 1. The van der Waals surface area contributed by atoms with Gasteiger partial charge in [-0.05, 0) is 25.7 Å². The predicted molar refractivity (Wildman–Crippen MR) is 67.3 cm³/mol. The van der Waals surface area contributed by atoms with Crippen LogP contribution in [0, 0.1) is 12.8 Å². The van der Waals surface area contributed by atoms with E-state index >= 15 is 0 Å². The Hall–Kier alpha value is -1.03. The number of alkyl halides is 1. The molecule has 1 N–H and O–H groups in total. The van der Waals surface area contributed by atoms with E-state index in [9.17, 15) is 4.79 Å². The summed E-state index contributed by atoms with van der Waals surface area (Å²) in [5, 5.41) is 7.22. The van der Waals surface area contributed by atoms with Gasteiger partial charge in [0, 0.05) is 24.7 Å². The smallest absolute Gasteiger partial charge is 0.254 e. The Balaban J connectivity index is 1.91. The molecule has 17 heavy (non-hydrogen) atoms. The van der Waals surface area contributed by atoms with Gasteiger partial charge in [0.1, 0.15) is 0 Å². The summed E-state index contributed by atoms with van der Waals surface area (Å²) in [5.74, 6) is 0.365. The SMILES string of the molecule is Cc1c(C(=O)NCC2CCCC2Cl)cnn1C. The molecular formula is C12H18ClN3O. The number of hydrogen-bond acceptors (Lipinski definition) is 2. The minimum absolute atomic E-state index is 0.0497. The van der Waals surface area contributed by atoms with Crippen LogP contribution in [-0.2, 0) is 7.05 Å². The zero-order chi connectivity index (χ0) is 12.4. The van der Waals surface area contributed by atoms with Crippen LogP contribution in [0.15, 0.2) is 6.20 Å². The standard InChI is InChI=1S/C12H18ClN3O/c1-8-10(7-15-16(8)2)12(17)14-6-9-4-3-5-11(9)13/h7,9,11H,3-6H2,1-2H3,(H,14,17). The number of carbonyl (C=O) groups is 1. The lowest BCUT2D eigenvalue weighted by Gasteiger charge is -2.14. The Morgan fingerprint density at radius 3 is 2.94 bits per heavy atom. The van der Waals surface area contributed by atoms with Crippen molar-refractivity contribution in [3.8, 4) is 0 Å². The van der Waals surface area contributed by atoms with Crippen LogP contribution in [0.25, 0.3) is 0 Å². The van der Waals surface area contributed by atoms with E-state index in [1.54, 1.807) is 10.9 Å². The quantitative estimate of drug-likeness (QED) is 0.839. The van der Waals surface area contributed by atoms with E-state index in [1.807, 2.05) is 14.0 Å². The van der Waals surface area contributed by atoms with E-state index in [2.05, 4.69) is 10.4 Å². The zero-order valence-electron chi connectivity index (χ0n) is 10.2. The van der Waals surface area contributed by atoms with E-state index in [-0.39, 0.29) is 11.3 Å². The summed E-state index contributed by atoms with van der Waals surface area (Å²) < 4.78 is 1.70. The molecular weight excluding hydrogens is 238 g/mol. The maximum atomic E-state index is 11.9. The van der Waals surface area contributed by atoms with Gasteiger partial charge in [-0.2, -0.15) is 5.10 Å². The van der Waals surface area contributed by atoms with Crippen molar-refractivity contribution in [3.05, 3.63) is 17.5 Å². The van der Waals surface area contributed by atoms with Crippen LogP contribution in [-0.4, -0.2) is 27.6 Å². The number of nitrogens with one attached hydrogen (secondary N) is 1. The number of hydrogen-bond donors (Lipinski definition) is 1. The molecule has 1 aliphatic carbocycles. The van der Waals surface area contributed by atoms with Crippen molar-refractivity contribution in [1.82, 2.24) is 15.1 Å². The third-order valence-electron chi connectivity index (χ3n) is 3.57. The van der Waals surface area contributed by atoms with E-state index in [0.29, 0.717) is 18.0 Å². The molecule has 0 radical (unpaired) electrons. The minimum Gasteiger partial charge on any atom is -0.352 e. The van der Waals surface area contributed by atoms with Crippen molar-refractivity contribution in [2.24, 2.45) is 13.0 Å². The normalized spacial score (nSPS) is 23.9. The first kappa shape index (κ1) is 12.4. The molecule has 1 saturated carbocycles. The van der Waals surface area contributed by atoms with Gasteiger partial charge < -0.3 is 5.32 Å². The Labute approximate surface area is 106 Å². The highest BCUT2D eigenvalue weighted by Crippen LogP contribution is 2.29. The molecule has 0 aliphatic heterocycles. The third-order valence-corrected chi connectivity index (χ3v) is 4.15. The summed E-state index contributed by atoms with van der Waals surface area (Å²) in [7, 11) is 1.83. The highest BCUT2D eigenvalue weighted by atomic mass is 35.5. The Morgan fingerprint density at radius 1 is 1.65 bits per heavy atom. The Morgan fingerprint density at radius 2 is 2.41 bits per heavy atom. The first-order valence-electron chi connectivity index (χ1n) is 6.00. The maximum absolute atomic E-state index is 11.9. The summed E-state index contributed by atoms with van der Waals surface area (Å²) >= 11 is 6.18. The van der Waals surface area contributed by atoms with Crippen molar-refractivity contribution in [3.63, 3.8) is 0 Å². The first-order valence-corrected chi connectivity index (χ1v) is 6.44. The van der Waals surface area contributed by atoms with E-state index < -0.39 is 0 Å². The largest absolute Gasteiger partial charge is 0.352 e. The molecule has 5 heteroatoms. The monoisotopic (exact) mass is 255 g/mol. The van der Waals surface area contributed by atoms with Crippen LogP contribution < -0.4 is 5.32 Å². The molecule has 0 spiro atoms. The van der Waals surface area contributed by atoms with Gasteiger partial charge >= 0.3 is 0 Å². The maximum Gasteiger partial charge on any atom is 0.254 e. The number of rotatable bonds is 3. The molecule has 94 valence electrons. The molecule has 1 fully saturated rings. The molecule has 1 aromatic heterocycles. The molecule has 1 heterocycles. The molecule has 1 aliphatic rings. The topological polar surface area (TPSA) is 46.9 Å². The lowest BCUT2D eigenvalue weighted by atomic mass is 10.1.